The summed E-state index contributed by atoms with van der Waals surface area (Å²) < 4.78 is 5.35. The largest absolute Gasteiger partial charge is 0.368 e. The molecule has 1 heterocycles. The van der Waals surface area contributed by atoms with E-state index in [2.05, 4.69) is 18.3 Å². The summed E-state index contributed by atoms with van der Waals surface area (Å²) in [5.41, 5.74) is -0.643. The van der Waals surface area contributed by atoms with Crippen LogP contribution in [-0.2, 0) is 9.53 Å². The first-order valence-corrected chi connectivity index (χ1v) is 6.50. The molecule has 0 aromatic rings. The zero-order chi connectivity index (χ0) is 12.3. The van der Waals surface area contributed by atoms with E-state index in [-0.39, 0.29) is 12.0 Å². The molecule has 1 aliphatic heterocycles. The van der Waals surface area contributed by atoms with Gasteiger partial charge in [-0.05, 0) is 44.4 Å². The summed E-state index contributed by atoms with van der Waals surface area (Å²) in [6.07, 6.45) is 4.95. The van der Waals surface area contributed by atoms with E-state index in [1.807, 2.05) is 0 Å². The predicted octanol–water partition coefficient (Wildman–Crippen LogP) is 1.75. The second-order valence-electron chi connectivity index (χ2n) is 5.37. The zero-order valence-corrected chi connectivity index (χ0v) is 10.4. The van der Waals surface area contributed by atoms with E-state index in [0.29, 0.717) is 12.5 Å². The number of hydrogen-bond acceptors (Lipinski definition) is 3. The second-order valence-corrected chi connectivity index (χ2v) is 5.37. The zero-order valence-electron chi connectivity index (χ0n) is 10.4. The Bertz CT molecular complexity index is 321. The van der Waals surface area contributed by atoms with Gasteiger partial charge in [-0.3, -0.25) is 4.79 Å². The maximum absolute atomic E-state index is 12.0. The standard InChI is InChI=1S/C13H20N2O2/c1-10-4-6-13(9-14,7-5-10)15-12(16)11-3-2-8-17-11/h10-11H,2-8H2,1H3,(H,15,16). The number of nitrogens with one attached hydrogen (secondary N) is 1. The van der Waals surface area contributed by atoms with Gasteiger partial charge in [0.25, 0.3) is 0 Å². The highest BCUT2D eigenvalue weighted by atomic mass is 16.5. The van der Waals surface area contributed by atoms with Gasteiger partial charge in [0.15, 0.2) is 0 Å². The van der Waals surface area contributed by atoms with E-state index >= 15 is 0 Å². The average molecular weight is 236 g/mol. The highest BCUT2D eigenvalue weighted by Crippen LogP contribution is 2.31. The van der Waals surface area contributed by atoms with Crippen LogP contribution in [0.25, 0.3) is 0 Å². The van der Waals surface area contributed by atoms with Gasteiger partial charge < -0.3 is 10.1 Å². The number of nitriles is 1. The molecular weight excluding hydrogens is 216 g/mol. The van der Waals surface area contributed by atoms with Crippen molar-refractivity contribution in [3.63, 3.8) is 0 Å². The van der Waals surface area contributed by atoms with E-state index in [9.17, 15) is 10.1 Å². The number of rotatable bonds is 2. The van der Waals surface area contributed by atoms with Crippen LogP contribution in [0.1, 0.15) is 45.4 Å². The molecule has 1 atom stereocenters. The molecule has 1 amide bonds. The van der Waals surface area contributed by atoms with Gasteiger partial charge in [-0.2, -0.15) is 5.26 Å². The summed E-state index contributed by atoms with van der Waals surface area (Å²) in [4.78, 5) is 12.0. The van der Waals surface area contributed by atoms with Gasteiger partial charge in [0.2, 0.25) is 5.91 Å². The van der Waals surface area contributed by atoms with Crippen molar-refractivity contribution >= 4 is 5.91 Å². The first-order valence-electron chi connectivity index (χ1n) is 6.50. The van der Waals surface area contributed by atoms with Crippen molar-refractivity contribution in [2.75, 3.05) is 6.61 Å². The smallest absolute Gasteiger partial charge is 0.250 e. The minimum absolute atomic E-state index is 0.0985. The first-order chi connectivity index (χ1) is 8.15. The van der Waals surface area contributed by atoms with Crippen molar-refractivity contribution in [2.24, 2.45) is 5.92 Å². The summed E-state index contributed by atoms with van der Waals surface area (Å²) >= 11 is 0. The minimum atomic E-state index is -0.643. The fraction of sp³-hybridized carbons (Fsp3) is 0.846. The molecule has 2 aliphatic rings. The van der Waals surface area contributed by atoms with Crippen LogP contribution in [-0.4, -0.2) is 24.2 Å². The Balaban J connectivity index is 1.95. The van der Waals surface area contributed by atoms with Gasteiger partial charge in [-0.1, -0.05) is 6.92 Å². The molecule has 1 saturated carbocycles. The van der Waals surface area contributed by atoms with E-state index < -0.39 is 5.54 Å². The molecule has 2 rings (SSSR count). The quantitative estimate of drug-likeness (QED) is 0.794. The Labute approximate surface area is 102 Å². The Kier molecular flexibility index (Phi) is 3.68. The Hall–Kier alpha value is -1.08. The molecule has 1 saturated heterocycles. The molecule has 1 unspecified atom stereocenters. The van der Waals surface area contributed by atoms with Gasteiger partial charge in [0.05, 0.1) is 6.07 Å². The van der Waals surface area contributed by atoms with Crippen molar-refractivity contribution in [1.82, 2.24) is 5.32 Å². The molecule has 17 heavy (non-hydrogen) atoms. The molecule has 4 nitrogen and oxygen atoms in total. The SMILES string of the molecule is CC1CCC(C#N)(NC(=O)C2CCCO2)CC1. The van der Waals surface area contributed by atoms with Crippen LogP contribution >= 0.6 is 0 Å². The molecule has 1 aliphatic carbocycles. The van der Waals surface area contributed by atoms with Crippen molar-refractivity contribution in [1.29, 1.82) is 5.26 Å². The summed E-state index contributed by atoms with van der Waals surface area (Å²) in [5.74, 6) is 0.565. The molecule has 1 N–H and O–H groups in total. The van der Waals surface area contributed by atoms with E-state index in [0.717, 1.165) is 38.5 Å². The third-order valence-corrected chi connectivity index (χ3v) is 3.93. The minimum Gasteiger partial charge on any atom is -0.368 e. The van der Waals surface area contributed by atoms with Crippen molar-refractivity contribution in [3.05, 3.63) is 0 Å². The molecule has 0 bridgehead atoms. The summed E-state index contributed by atoms with van der Waals surface area (Å²) in [5, 5.41) is 12.2. The first kappa shape index (κ1) is 12.4. The maximum Gasteiger partial charge on any atom is 0.250 e. The monoisotopic (exact) mass is 236 g/mol. The highest BCUT2D eigenvalue weighted by Gasteiger charge is 2.38. The van der Waals surface area contributed by atoms with Gasteiger partial charge >= 0.3 is 0 Å². The summed E-state index contributed by atoms with van der Waals surface area (Å²) in [6, 6.07) is 2.30. The third kappa shape index (κ3) is 2.78. The third-order valence-electron chi connectivity index (χ3n) is 3.93. The van der Waals surface area contributed by atoms with Crippen molar-refractivity contribution in [2.45, 2.75) is 57.1 Å². The number of hydrogen-bond donors (Lipinski definition) is 1. The molecule has 0 aromatic carbocycles. The Morgan fingerprint density at radius 1 is 1.41 bits per heavy atom. The number of carbonyl (C=O) groups is 1. The molecule has 0 radical (unpaired) electrons. The lowest BCUT2D eigenvalue weighted by atomic mass is 9.78. The van der Waals surface area contributed by atoms with Gasteiger partial charge in [0.1, 0.15) is 11.6 Å². The maximum atomic E-state index is 12.0. The molecule has 2 fully saturated rings. The number of ether oxygens (including phenoxy) is 1. The predicted molar refractivity (Wildman–Crippen MR) is 63.1 cm³/mol. The lowest BCUT2D eigenvalue weighted by Crippen LogP contribution is -2.52. The van der Waals surface area contributed by atoms with E-state index in [4.69, 9.17) is 4.74 Å². The van der Waals surface area contributed by atoms with Crippen LogP contribution in [0.15, 0.2) is 0 Å². The Morgan fingerprint density at radius 3 is 2.65 bits per heavy atom. The number of amides is 1. The van der Waals surface area contributed by atoms with E-state index in [1.54, 1.807) is 0 Å². The normalized spacial score (nSPS) is 37.4. The summed E-state index contributed by atoms with van der Waals surface area (Å²) in [6.45, 7) is 2.86. The van der Waals surface area contributed by atoms with Crippen LogP contribution in [0.3, 0.4) is 0 Å². The lowest BCUT2D eigenvalue weighted by Gasteiger charge is -2.34. The lowest BCUT2D eigenvalue weighted by molar-refractivity contribution is -0.131. The van der Waals surface area contributed by atoms with Crippen LogP contribution in [0.4, 0.5) is 0 Å². The second kappa shape index (κ2) is 5.05. The van der Waals surface area contributed by atoms with Gasteiger partial charge in [-0.15, -0.1) is 0 Å². The average Bonchev–Trinajstić information content (AvgIpc) is 2.86. The van der Waals surface area contributed by atoms with Crippen LogP contribution < -0.4 is 5.32 Å². The van der Waals surface area contributed by atoms with Crippen molar-refractivity contribution in [3.8, 4) is 6.07 Å². The molecular formula is C13H20N2O2. The van der Waals surface area contributed by atoms with Crippen LogP contribution in [0, 0.1) is 17.2 Å². The number of nitrogens with zero attached hydrogens (tertiary/aromatic N) is 1. The van der Waals surface area contributed by atoms with Crippen LogP contribution in [0.2, 0.25) is 0 Å². The van der Waals surface area contributed by atoms with Crippen LogP contribution in [0.5, 0.6) is 0 Å². The molecule has 0 spiro atoms. The van der Waals surface area contributed by atoms with Crippen molar-refractivity contribution < 1.29 is 9.53 Å². The fourth-order valence-electron chi connectivity index (χ4n) is 2.62. The van der Waals surface area contributed by atoms with Gasteiger partial charge in [0, 0.05) is 6.61 Å². The van der Waals surface area contributed by atoms with E-state index in [1.165, 1.54) is 0 Å². The highest BCUT2D eigenvalue weighted by molar-refractivity contribution is 5.82. The molecule has 94 valence electrons. The summed E-state index contributed by atoms with van der Waals surface area (Å²) in [7, 11) is 0. The molecule has 0 aromatic heterocycles. The Morgan fingerprint density at radius 2 is 2.12 bits per heavy atom. The molecule has 4 heteroatoms. The fourth-order valence-corrected chi connectivity index (χ4v) is 2.62. The van der Waals surface area contributed by atoms with Gasteiger partial charge in [-0.25, -0.2) is 0 Å². The topological polar surface area (TPSA) is 62.1 Å². The number of carbonyl (C=O) groups excluding carboxylic acids is 1.